The quantitative estimate of drug-likeness (QED) is 0.302. The third-order valence-electron chi connectivity index (χ3n) is 6.24. The van der Waals surface area contributed by atoms with Crippen LogP contribution in [0.5, 0.6) is 5.75 Å². The molecule has 0 saturated carbocycles. The van der Waals surface area contributed by atoms with E-state index in [2.05, 4.69) is 32.9 Å². The fraction of sp³-hybridized carbons (Fsp3) is 0.267. The van der Waals surface area contributed by atoms with Crippen LogP contribution in [0, 0.1) is 13.8 Å². The average molecular weight is 471 g/mol. The summed E-state index contributed by atoms with van der Waals surface area (Å²) in [6.45, 7) is 10.6. The van der Waals surface area contributed by atoms with Crippen molar-refractivity contribution in [2.75, 3.05) is 7.11 Å². The van der Waals surface area contributed by atoms with E-state index in [4.69, 9.17) is 13.9 Å². The smallest absolute Gasteiger partial charge is 0.337 e. The molecule has 0 unspecified atom stereocenters. The summed E-state index contributed by atoms with van der Waals surface area (Å²) in [6, 6.07) is 18.7. The van der Waals surface area contributed by atoms with Gasteiger partial charge in [0.05, 0.1) is 18.1 Å². The van der Waals surface area contributed by atoms with E-state index < -0.39 is 5.97 Å². The molecule has 1 heterocycles. The van der Waals surface area contributed by atoms with E-state index in [0.29, 0.717) is 22.3 Å². The van der Waals surface area contributed by atoms with Crippen molar-refractivity contribution in [3.8, 4) is 17.1 Å². The van der Waals surface area contributed by atoms with Crippen molar-refractivity contribution < 1.29 is 18.7 Å². The zero-order chi connectivity index (χ0) is 25.3. The Hall–Kier alpha value is -3.86. The largest absolute Gasteiger partial charge is 0.481 e. The highest BCUT2D eigenvalue weighted by atomic mass is 16.5. The molecule has 0 saturated heterocycles. The van der Waals surface area contributed by atoms with Crippen molar-refractivity contribution in [1.82, 2.24) is 0 Å². The van der Waals surface area contributed by atoms with Crippen molar-refractivity contribution in [3.63, 3.8) is 0 Å². The molecule has 0 atom stereocenters. The zero-order valence-electron chi connectivity index (χ0n) is 21.0. The molecule has 5 nitrogen and oxygen atoms in total. The molecule has 0 fully saturated rings. The van der Waals surface area contributed by atoms with E-state index in [0.717, 1.165) is 22.3 Å². The fourth-order valence-corrected chi connectivity index (χ4v) is 3.89. The Morgan fingerprint density at radius 2 is 1.54 bits per heavy atom. The minimum Gasteiger partial charge on any atom is -0.481 e. The first-order valence-electron chi connectivity index (χ1n) is 11.6. The summed E-state index contributed by atoms with van der Waals surface area (Å²) >= 11 is 0. The first-order valence-corrected chi connectivity index (χ1v) is 11.6. The minimum absolute atomic E-state index is 0.00703. The van der Waals surface area contributed by atoms with Crippen molar-refractivity contribution in [3.05, 3.63) is 98.7 Å². The molecule has 5 heteroatoms. The highest BCUT2D eigenvalue weighted by Gasteiger charge is 2.20. The van der Waals surface area contributed by atoms with Crippen LogP contribution < -0.4 is 10.2 Å². The van der Waals surface area contributed by atoms with E-state index in [1.807, 2.05) is 38.1 Å². The molecule has 4 rings (SSSR count). The SMILES string of the molecule is COC(=O)c1ccc(COc2c(-c3ccc(C(C)(C)C)cc3)oc3cc(C)c(C)cc3c2=O)cc1. The third-order valence-corrected chi connectivity index (χ3v) is 6.24. The van der Waals surface area contributed by atoms with Crippen molar-refractivity contribution in [1.29, 1.82) is 0 Å². The summed E-state index contributed by atoms with van der Waals surface area (Å²) in [4.78, 5) is 25.3. The van der Waals surface area contributed by atoms with Crippen LogP contribution >= 0.6 is 0 Å². The lowest BCUT2D eigenvalue weighted by molar-refractivity contribution is 0.0600. The van der Waals surface area contributed by atoms with Crippen LogP contribution in [0.1, 0.15) is 53.4 Å². The second-order valence-corrected chi connectivity index (χ2v) is 9.83. The molecule has 0 aliphatic rings. The maximum absolute atomic E-state index is 13.6. The predicted octanol–water partition coefficient (Wildman–Crippen LogP) is 6.74. The van der Waals surface area contributed by atoms with Crippen LogP contribution in [0.25, 0.3) is 22.3 Å². The molecule has 0 bridgehead atoms. The van der Waals surface area contributed by atoms with Gasteiger partial charge in [-0.25, -0.2) is 4.79 Å². The van der Waals surface area contributed by atoms with Gasteiger partial charge in [-0.15, -0.1) is 0 Å². The van der Waals surface area contributed by atoms with Crippen LogP contribution in [-0.4, -0.2) is 13.1 Å². The van der Waals surface area contributed by atoms with Crippen molar-refractivity contribution in [2.45, 2.75) is 46.6 Å². The van der Waals surface area contributed by atoms with Crippen LogP contribution in [0.3, 0.4) is 0 Å². The number of hydrogen-bond donors (Lipinski definition) is 0. The molecular formula is C30H30O5. The van der Waals surface area contributed by atoms with Crippen molar-refractivity contribution >= 4 is 16.9 Å². The Kier molecular flexibility index (Phi) is 6.53. The fourth-order valence-electron chi connectivity index (χ4n) is 3.89. The van der Waals surface area contributed by atoms with Crippen LogP contribution in [0.4, 0.5) is 0 Å². The lowest BCUT2D eigenvalue weighted by atomic mass is 9.86. The van der Waals surface area contributed by atoms with E-state index >= 15 is 0 Å². The molecule has 35 heavy (non-hydrogen) atoms. The summed E-state index contributed by atoms with van der Waals surface area (Å²) < 4.78 is 17.1. The first kappa shape index (κ1) is 24.3. The molecule has 0 aliphatic carbocycles. The van der Waals surface area contributed by atoms with Gasteiger partial charge in [0.1, 0.15) is 12.2 Å². The average Bonchev–Trinajstić information content (AvgIpc) is 2.84. The van der Waals surface area contributed by atoms with E-state index in [9.17, 15) is 9.59 Å². The van der Waals surface area contributed by atoms with Crippen LogP contribution in [-0.2, 0) is 16.8 Å². The Bertz CT molecular complexity index is 1440. The summed E-state index contributed by atoms with van der Waals surface area (Å²) in [6.07, 6.45) is 0. The molecule has 4 aromatic rings. The molecule has 0 aliphatic heterocycles. The number of fused-ring (bicyclic) bond motifs is 1. The highest BCUT2D eigenvalue weighted by Crippen LogP contribution is 2.34. The summed E-state index contributed by atoms with van der Waals surface area (Å²) in [5, 5.41) is 0.485. The standard InChI is InChI=1S/C30H30O5/c1-18-15-24-25(16-19(18)2)35-27(21-11-13-23(14-12-21)30(3,4)5)28(26(24)31)34-17-20-7-9-22(10-8-20)29(32)33-6/h7-16H,17H2,1-6H3. The van der Waals surface area contributed by atoms with Gasteiger partial charge in [-0.05, 0) is 65.8 Å². The monoisotopic (exact) mass is 470 g/mol. The third kappa shape index (κ3) is 4.99. The van der Waals surface area contributed by atoms with Gasteiger partial charge in [-0.1, -0.05) is 57.2 Å². The molecule has 1 aromatic heterocycles. The first-order chi connectivity index (χ1) is 16.6. The highest BCUT2D eigenvalue weighted by molar-refractivity contribution is 5.89. The van der Waals surface area contributed by atoms with Crippen LogP contribution in [0.15, 0.2) is 69.9 Å². The Labute approximate surface area is 205 Å². The van der Waals surface area contributed by atoms with Gasteiger partial charge in [0.2, 0.25) is 11.2 Å². The van der Waals surface area contributed by atoms with Crippen molar-refractivity contribution in [2.24, 2.45) is 0 Å². The Balaban J connectivity index is 1.78. The number of ether oxygens (including phenoxy) is 2. The normalized spacial score (nSPS) is 11.5. The minimum atomic E-state index is -0.403. The van der Waals surface area contributed by atoms with Crippen LogP contribution in [0.2, 0.25) is 0 Å². The number of carbonyl (C=O) groups excluding carboxylic acids is 1. The topological polar surface area (TPSA) is 65.7 Å². The second-order valence-electron chi connectivity index (χ2n) is 9.83. The van der Waals surface area contributed by atoms with Gasteiger partial charge in [0, 0.05) is 5.56 Å². The van der Waals surface area contributed by atoms with Gasteiger partial charge in [-0.3, -0.25) is 4.79 Å². The molecule has 0 radical (unpaired) electrons. The number of esters is 1. The summed E-state index contributed by atoms with van der Waals surface area (Å²) in [5.74, 6) is 0.165. The van der Waals surface area contributed by atoms with E-state index in [1.165, 1.54) is 12.7 Å². The van der Waals surface area contributed by atoms with Gasteiger partial charge >= 0.3 is 5.97 Å². The number of rotatable bonds is 5. The van der Waals surface area contributed by atoms with Gasteiger partial charge in [0.15, 0.2) is 5.76 Å². The Morgan fingerprint density at radius 1 is 0.914 bits per heavy atom. The maximum Gasteiger partial charge on any atom is 0.337 e. The second kappa shape index (κ2) is 9.41. The maximum atomic E-state index is 13.6. The Morgan fingerprint density at radius 3 is 2.14 bits per heavy atom. The van der Waals surface area contributed by atoms with Gasteiger partial charge in [-0.2, -0.15) is 0 Å². The zero-order valence-corrected chi connectivity index (χ0v) is 21.0. The number of aryl methyl sites for hydroxylation is 2. The molecule has 180 valence electrons. The van der Waals surface area contributed by atoms with E-state index in [-0.39, 0.29) is 23.2 Å². The lowest BCUT2D eigenvalue weighted by Crippen LogP contribution is -2.12. The van der Waals surface area contributed by atoms with Gasteiger partial charge in [0.25, 0.3) is 0 Å². The summed E-state index contributed by atoms with van der Waals surface area (Å²) in [5.41, 5.74) is 5.60. The molecule has 0 N–H and O–H groups in total. The molecular weight excluding hydrogens is 440 g/mol. The number of carbonyl (C=O) groups is 1. The molecule has 0 amide bonds. The number of methoxy groups -OCH3 is 1. The number of benzene rings is 3. The molecule has 3 aromatic carbocycles. The molecule has 0 spiro atoms. The van der Waals surface area contributed by atoms with Gasteiger partial charge < -0.3 is 13.9 Å². The van der Waals surface area contributed by atoms with E-state index in [1.54, 1.807) is 24.3 Å². The number of hydrogen-bond acceptors (Lipinski definition) is 5. The lowest BCUT2D eigenvalue weighted by Gasteiger charge is -2.19. The predicted molar refractivity (Wildman–Crippen MR) is 138 cm³/mol. The summed E-state index contributed by atoms with van der Waals surface area (Å²) in [7, 11) is 1.34.